The van der Waals surface area contributed by atoms with Crippen LogP contribution >= 0.6 is 0 Å². The van der Waals surface area contributed by atoms with Gasteiger partial charge in [-0.1, -0.05) is 20.8 Å². The summed E-state index contributed by atoms with van der Waals surface area (Å²) >= 11 is 0. The van der Waals surface area contributed by atoms with E-state index in [1.165, 1.54) is 0 Å². The summed E-state index contributed by atoms with van der Waals surface area (Å²) in [6, 6.07) is 0. The first-order valence-corrected chi connectivity index (χ1v) is 6.98. The molecule has 1 fully saturated rings. The van der Waals surface area contributed by atoms with Crippen molar-refractivity contribution in [2.75, 3.05) is 19.6 Å². The van der Waals surface area contributed by atoms with Gasteiger partial charge in [-0.25, -0.2) is 0 Å². The summed E-state index contributed by atoms with van der Waals surface area (Å²) in [6.45, 7) is 6.65. The highest BCUT2D eigenvalue weighted by molar-refractivity contribution is 5.87. The molecule has 0 aliphatic carbocycles. The Bertz CT molecular complexity index is 387. The van der Waals surface area contributed by atoms with Crippen molar-refractivity contribution in [2.24, 2.45) is 11.3 Å². The Hall–Kier alpha value is -1.59. The molecule has 1 rings (SSSR count). The van der Waals surface area contributed by atoms with Gasteiger partial charge in [-0.15, -0.1) is 0 Å². The lowest BCUT2D eigenvalue weighted by Crippen LogP contribution is -2.42. The highest BCUT2D eigenvalue weighted by atomic mass is 16.4. The number of aliphatic carboxylic acids is 1. The molecular formula is C14H24N2O4. The summed E-state index contributed by atoms with van der Waals surface area (Å²) in [5, 5.41) is 11.3. The third-order valence-electron chi connectivity index (χ3n) is 3.49. The molecule has 1 aliphatic rings. The Balaban J connectivity index is 2.32. The topological polar surface area (TPSA) is 86.7 Å². The second-order valence-electron chi connectivity index (χ2n) is 6.36. The Labute approximate surface area is 119 Å². The number of amides is 2. The van der Waals surface area contributed by atoms with E-state index in [4.69, 9.17) is 5.11 Å². The molecular weight excluding hydrogens is 260 g/mol. The third-order valence-corrected chi connectivity index (χ3v) is 3.49. The minimum atomic E-state index is -0.799. The second-order valence-corrected chi connectivity index (χ2v) is 6.36. The number of hydrogen-bond acceptors (Lipinski definition) is 3. The molecule has 2 N–H and O–H groups in total. The molecule has 0 aromatic heterocycles. The molecule has 0 aromatic carbocycles. The van der Waals surface area contributed by atoms with E-state index < -0.39 is 11.4 Å². The van der Waals surface area contributed by atoms with E-state index in [2.05, 4.69) is 5.32 Å². The lowest BCUT2D eigenvalue weighted by Gasteiger charge is -2.20. The predicted octanol–water partition coefficient (Wildman–Crippen LogP) is 0.862. The summed E-state index contributed by atoms with van der Waals surface area (Å²) in [5.41, 5.74) is -0.505. The Morgan fingerprint density at radius 1 is 1.30 bits per heavy atom. The summed E-state index contributed by atoms with van der Waals surface area (Å²) in [7, 11) is 0. The maximum Gasteiger partial charge on any atom is 0.303 e. The van der Waals surface area contributed by atoms with Crippen molar-refractivity contribution < 1.29 is 19.5 Å². The molecule has 1 unspecified atom stereocenters. The van der Waals surface area contributed by atoms with Crippen molar-refractivity contribution in [3.8, 4) is 0 Å². The van der Waals surface area contributed by atoms with Gasteiger partial charge < -0.3 is 15.3 Å². The van der Waals surface area contributed by atoms with Crippen molar-refractivity contribution in [3.63, 3.8) is 0 Å². The van der Waals surface area contributed by atoms with Crippen LogP contribution in [0.25, 0.3) is 0 Å². The van der Waals surface area contributed by atoms with Crippen molar-refractivity contribution in [1.29, 1.82) is 0 Å². The molecule has 20 heavy (non-hydrogen) atoms. The quantitative estimate of drug-likeness (QED) is 0.784. The zero-order valence-corrected chi connectivity index (χ0v) is 12.4. The highest BCUT2D eigenvalue weighted by Gasteiger charge is 2.27. The zero-order chi connectivity index (χ0) is 15.3. The number of carboxylic acid groups (broad SMARTS) is 1. The van der Waals surface area contributed by atoms with Crippen molar-refractivity contribution in [3.05, 3.63) is 0 Å². The zero-order valence-electron chi connectivity index (χ0n) is 12.4. The first kappa shape index (κ1) is 16.5. The van der Waals surface area contributed by atoms with Gasteiger partial charge in [0.1, 0.15) is 0 Å². The standard InChI is InChI=1S/C14H24N2O4/c1-14(2,3)13(20)15-8-11(17)16-7-6-10(9-16)4-5-12(18)19/h10H,4-9H2,1-3H3,(H,15,20)(H,18,19). The number of likely N-dealkylation sites (tertiary alicyclic amines) is 1. The number of nitrogens with one attached hydrogen (secondary N) is 1. The third kappa shape index (κ3) is 5.19. The van der Waals surface area contributed by atoms with E-state index in [9.17, 15) is 14.4 Å². The molecule has 2 amide bonds. The van der Waals surface area contributed by atoms with Gasteiger partial charge in [0, 0.05) is 24.9 Å². The Morgan fingerprint density at radius 2 is 1.95 bits per heavy atom. The number of carbonyl (C=O) groups excluding carboxylic acids is 2. The molecule has 0 bridgehead atoms. The van der Waals surface area contributed by atoms with Crippen LogP contribution < -0.4 is 5.32 Å². The SMILES string of the molecule is CC(C)(C)C(=O)NCC(=O)N1CCC(CCC(=O)O)C1. The van der Waals surface area contributed by atoms with Crippen LogP contribution in [0, 0.1) is 11.3 Å². The van der Waals surface area contributed by atoms with Crippen LogP contribution in [-0.4, -0.2) is 47.4 Å². The maximum atomic E-state index is 12.0. The fourth-order valence-electron chi connectivity index (χ4n) is 2.16. The van der Waals surface area contributed by atoms with Crippen LogP contribution in [0.1, 0.15) is 40.0 Å². The van der Waals surface area contributed by atoms with Crippen LogP contribution in [0.4, 0.5) is 0 Å². The molecule has 1 aliphatic heterocycles. The highest BCUT2D eigenvalue weighted by Crippen LogP contribution is 2.21. The van der Waals surface area contributed by atoms with E-state index in [0.717, 1.165) is 6.42 Å². The Kier molecular flexibility index (Phi) is 5.53. The van der Waals surface area contributed by atoms with Crippen molar-refractivity contribution in [2.45, 2.75) is 40.0 Å². The van der Waals surface area contributed by atoms with Gasteiger partial charge in [0.25, 0.3) is 0 Å². The van der Waals surface area contributed by atoms with Gasteiger partial charge in [0.05, 0.1) is 6.54 Å². The number of carboxylic acids is 1. The van der Waals surface area contributed by atoms with Crippen LogP contribution in [0.3, 0.4) is 0 Å². The van der Waals surface area contributed by atoms with Gasteiger partial charge in [-0.05, 0) is 18.8 Å². The summed E-state index contributed by atoms with van der Waals surface area (Å²) in [4.78, 5) is 35.9. The Morgan fingerprint density at radius 3 is 2.50 bits per heavy atom. The van der Waals surface area contributed by atoms with Gasteiger partial charge in [0.15, 0.2) is 0 Å². The first-order valence-electron chi connectivity index (χ1n) is 6.98. The minimum Gasteiger partial charge on any atom is -0.481 e. The summed E-state index contributed by atoms with van der Waals surface area (Å²) in [6.07, 6.45) is 1.59. The van der Waals surface area contributed by atoms with Crippen LogP contribution in [0.15, 0.2) is 0 Å². The smallest absolute Gasteiger partial charge is 0.303 e. The van der Waals surface area contributed by atoms with Gasteiger partial charge in [0.2, 0.25) is 11.8 Å². The summed E-state index contributed by atoms with van der Waals surface area (Å²) in [5.74, 6) is -0.784. The molecule has 6 heteroatoms. The average molecular weight is 284 g/mol. The monoisotopic (exact) mass is 284 g/mol. The number of rotatable bonds is 5. The lowest BCUT2D eigenvalue weighted by atomic mass is 9.96. The van der Waals surface area contributed by atoms with Gasteiger partial charge >= 0.3 is 5.97 Å². The minimum absolute atomic E-state index is 0.0156. The summed E-state index contributed by atoms with van der Waals surface area (Å²) < 4.78 is 0. The fourth-order valence-corrected chi connectivity index (χ4v) is 2.16. The molecule has 0 aromatic rings. The van der Waals surface area contributed by atoms with E-state index in [-0.39, 0.29) is 30.7 Å². The molecule has 6 nitrogen and oxygen atoms in total. The lowest BCUT2D eigenvalue weighted by molar-refractivity contribution is -0.137. The first-order chi connectivity index (χ1) is 9.20. The van der Waals surface area contributed by atoms with E-state index in [1.807, 2.05) is 0 Å². The van der Waals surface area contributed by atoms with Crippen molar-refractivity contribution in [1.82, 2.24) is 10.2 Å². The van der Waals surface area contributed by atoms with Crippen LogP contribution in [-0.2, 0) is 14.4 Å². The molecule has 0 radical (unpaired) electrons. The van der Waals surface area contributed by atoms with Crippen LogP contribution in [0.5, 0.6) is 0 Å². The maximum absolute atomic E-state index is 12.0. The molecule has 0 saturated carbocycles. The normalized spacial score (nSPS) is 18.9. The van der Waals surface area contributed by atoms with Gasteiger partial charge in [-0.3, -0.25) is 14.4 Å². The fraction of sp³-hybridized carbons (Fsp3) is 0.786. The molecule has 1 atom stereocenters. The van der Waals surface area contributed by atoms with E-state index in [1.54, 1.807) is 25.7 Å². The van der Waals surface area contributed by atoms with Crippen molar-refractivity contribution >= 4 is 17.8 Å². The van der Waals surface area contributed by atoms with E-state index >= 15 is 0 Å². The van der Waals surface area contributed by atoms with E-state index in [0.29, 0.717) is 19.5 Å². The second kappa shape index (κ2) is 6.72. The molecule has 114 valence electrons. The number of carbonyl (C=O) groups is 3. The number of hydrogen-bond donors (Lipinski definition) is 2. The largest absolute Gasteiger partial charge is 0.481 e. The average Bonchev–Trinajstić information content (AvgIpc) is 2.80. The molecule has 1 heterocycles. The molecule has 0 spiro atoms. The van der Waals surface area contributed by atoms with Crippen LogP contribution in [0.2, 0.25) is 0 Å². The van der Waals surface area contributed by atoms with Gasteiger partial charge in [-0.2, -0.15) is 0 Å². The number of nitrogens with zero attached hydrogens (tertiary/aromatic N) is 1. The molecule has 1 saturated heterocycles. The predicted molar refractivity (Wildman–Crippen MR) is 74.0 cm³/mol.